The minimum atomic E-state index is -0.0377. The van der Waals surface area contributed by atoms with Gasteiger partial charge in [0.05, 0.1) is 29.5 Å². The first-order chi connectivity index (χ1) is 15.7. The third kappa shape index (κ3) is 3.70. The first-order valence-electron chi connectivity index (χ1n) is 12.5. The lowest BCUT2D eigenvalue weighted by Gasteiger charge is -2.37. The molecule has 7 nitrogen and oxygen atoms in total. The number of rotatable bonds is 4. The van der Waals surface area contributed by atoms with Gasteiger partial charge in [0.25, 0.3) is 5.56 Å². The van der Waals surface area contributed by atoms with E-state index in [0.717, 1.165) is 55.3 Å². The molecule has 0 unspecified atom stereocenters. The van der Waals surface area contributed by atoms with Crippen LogP contribution in [0, 0.1) is 11.8 Å². The van der Waals surface area contributed by atoms with Gasteiger partial charge in [-0.15, -0.1) is 0 Å². The molecule has 1 N–H and O–H groups in total. The number of H-pyrrole nitrogens is 1. The zero-order chi connectivity index (χ0) is 21.7. The van der Waals surface area contributed by atoms with Gasteiger partial charge in [-0.2, -0.15) is 0 Å². The largest absolute Gasteiger partial charge is 0.337 e. The molecule has 2 atom stereocenters. The summed E-state index contributed by atoms with van der Waals surface area (Å²) in [4.78, 5) is 35.2. The summed E-state index contributed by atoms with van der Waals surface area (Å²) < 4.78 is 1.62. The lowest BCUT2D eigenvalue weighted by molar-refractivity contribution is -0.133. The van der Waals surface area contributed by atoms with Gasteiger partial charge in [-0.1, -0.05) is 18.6 Å². The number of carbonyl (C=O) groups excluding carboxylic acids is 1. The maximum atomic E-state index is 13.4. The molecule has 0 radical (unpaired) electrons. The molecule has 1 saturated heterocycles. The fourth-order valence-corrected chi connectivity index (χ4v) is 5.86. The highest BCUT2D eigenvalue weighted by atomic mass is 16.2. The number of aromatic nitrogens is 3. The number of piperidine rings is 1. The van der Waals surface area contributed by atoms with E-state index in [1.54, 1.807) is 4.52 Å². The molecule has 0 aromatic carbocycles. The van der Waals surface area contributed by atoms with Gasteiger partial charge >= 0.3 is 0 Å². The zero-order valence-electron chi connectivity index (χ0n) is 18.8. The molecule has 2 fully saturated rings. The molecule has 1 amide bonds. The van der Waals surface area contributed by atoms with Crippen molar-refractivity contribution in [2.45, 2.75) is 70.4 Å². The number of nitrogens with one attached hydrogen (secondary N) is 1. The molecular weight excluding hydrogens is 402 g/mol. The lowest BCUT2D eigenvalue weighted by atomic mass is 9.91. The van der Waals surface area contributed by atoms with Gasteiger partial charge in [-0.05, 0) is 57.4 Å². The van der Waals surface area contributed by atoms with Crippen LogP contribution in [0.15, 0.2) is 23.0 Å². The summed E-state index contributed by atoms with van der Waals surface area (Å²) in [6, 6.07) is 2.41. The van der Waals surface area contributed by atoms with E-state index < -0.39 is 0 Å². The van der Waals surface area contributed by atoms with Gasteiger partial charge in [-0.3, -0.25) is 19.6 Å². The Kier molecular flexibility index (Phi) is 5.17. The van der Waals surface area contributed by atoms with E-state index in [0.29, 0.717) is 31.1 Å². The first kappa shape index (κ1) is 20.2. The number of aromatic amines is 1. The number of hydrogen-bond donors (Lipinski definition) is 1. The fourth-order valence-electron chi connectivity index (χ4n) is 5.86. The third-order valence-electron chi connectivity index (χ3n) is 7.86. The molecule has 1 saturated carbocycles. The summed E-state index contributed by atoms with van der Waals surface area (Å²) in [5, 5.41) is 3.41. The van der Waals surface area contributed by atoms with E-state index in [1.165, 1.54) is 32.1 Å². The molecule has 0 spiro atoms. The van der Waals surface area contributed by atoms with E-state index in [2.05, 4.69) is 28.2 Å². The lowest BCUT2D eigenvalue weighted by Crippen LogP contribution is -2.41. The molecule has 32 heavy (non-hydrogen) atoms. The molecule has 2 aromatic heterocycles. The summed E-state index contributed by atoms with van der Waals surface area (Å²) in [5.41, 5.74) is 3.34. The van der Waals surface area contributed by atoms with Gasteiger partial charge in [0, 0.05) is 31.5 Å². The highest BCUT2D eigenvalue weighted by molar-refractivity contribution is 5.81. The summed E-state index contributed by atoms with van der Waals surface area (Å²) in [7, 11) is 0. The summed E-state index contributed by atoms with van der Waals surface area (Å²) >= 11 is 0. The van der Waals surface area contributed by atoms with Crippen molar-refractivity contribution in [3.05, 3.63) is 45.5 Å². The van der Waals surface area contributed by atoms with E-state index in [1.807, 2.05) is 4.90 Å². The second kappa shape index (κ2) is 8.18. The molecule has 6 rings (SSSR count). The summed E-state index contributed by atoms with van der Waals surface area (Å²) in [5.74, 6) is 1.13. The zero-order valence-corrected chi connectivity index (χ0v) is 18.8. The maximum Gasteiger partial charge on any atom is 0.277 e. The Hall–Kier alpha value is -2.41. The molecule has 2 aliphatic heterocycles. The molecular formula is C25H33N5O2. The second-order valence-corrected chi connectivity index (χ2v) is 10.2. The van der Waals surface area contributed by atoms with Crippen molar-refractivity contribution in [2.24, 2.45) is 11.8 Å². The van der Waals surface area contributed by atoms with Crippen LogP contribution in [0.25, 0.3) is 5.65 Å². The number of likely N-dealkylation sites (tertiary alicyclic amines) is 1. The number of carbonyl (C=O) groups is 1. The third-order valence-corrected chi connectivity index (χ3v) is 7.86. The van der Waals surface area contributed by atoms with Crippen molar-refractivity contribution in [1.29, 1.82) is 0 Å². The van der Waals surface area contributed by atoms with Crippen molar-refractivity contribution in [1.82, 2.24) is 24.4 Å². The van der Waals surface area contributed by atoms with Crippen LogP contribution in [0.5, 0.6) is 0 Å². The summed E-state index contributed by atoms with van der Waals surface area (Å²) in [6.07, 6.45) is 14.5. The number of allylic oxidation sites excluding steroid dienone is 2. The maximum absolute atomic E-state index is 13.4. The Morgan fingerprint density at radius 3 is 2.84 bits per heavy atom. The van der Waals surface area contributed by atoms with Crippen molar-refractivity contribution in [2.75, 3.05) is 19.6 Å². The Morgan fingerprint density at radius 2 is 2.03 bits per heavy atom. The topological polar surface area (TPSA) is 73.7 Å². The predicted molar refractivity (Wildman–Crippen MR) is 122 cm³/mol. The number of nitrogens with zero attached hydrogens (tertiary/aromatic N) is 4. The van der Waals surface area contributed by atoms with Gasteiger partial charge in [-0.25, -0.2) is 9.50 Å². The van der Waals surface area contributed by atoms with Crippen molar-refractivity contribution < 1.29 is 4.79 Å². The molecule has 4 aliphatic rings. The van der Waals surface area contributed by atoms with Gasteiger partial charge in [0.2, 0.25) is 5.91 Å². The Labute approximate surface area is 188 Å². The average Bonchev–Trinajstić information content (AvgIpc) is 3.59. The van der Waals surface area contributed by atoms with Crippen molar-refractivity contribution in [3.8, 4) is 0 Å². The Bertz CT molecular complexity index is 1110. The monoisotopic (exact) mass is 435 g/mol. The SMILES string of the molecule is O=C(C1CC1)N1CCc2nc3cc([C@H]4CCCCN4C[C@H]4CC=CCC4)[nH]n3c(=O)c2C1. The van der Waals surface area contributed by atoms with Crippen molar-refractivity contribution in [3.63, 3.8) is 0 Å². The quantitative estimate of drug-likeness (QED) is 0.749. The highest BCUT2D eigenvalue weighted by Gasteiger charge is 2.36. The fraction of sp³-hybridized carbons (Fsp3) is 0.640. The molecule has 4 heterocycles. The van der Waals surface area contributed by atoms with Crippen LogP contribution >= 0.6 is 0 Å². The van der Waals surface area contributed by atoms with E-state index in [9.17, 15) is 9.59 Å². The Morgan fingerprint density at radius 1 is 1.12 bits per heavy atom. The minimum Gasteiger partial charge on any atom is -0.337 e. The van der Waals surface area contributed by atoms with Crippen LogP contribution in [0.2, 0.25) is 0 Å². The first-order valence-corrected chi connectivity index (χ1v) is 12.5. The second-order valence-electron chi connectivity index (χ2n) is 10.2. The van der Waals surface area contributed by atoms with Crippen molar-refractivity contribution >= 4 is 11.6 Å². The van der Waals surface area contributed by atoms with E-state index in [4.69, 9.17) is 4.98 Å². The molecule has 7 heteroatoms. The van der Waals surface area contributed by atoms with Gasteiger partial charge in [0.15, 0.2) is 5.65 Å². The molecule has 2 aliphatic carbocycles. The van der Waals surface area contributed by atoms with Crippen LogP contribution in [0.3, 0.4) is 0 Å². The number of hydrogen-bond acceptors (Lipinski definition) is 4. The number of amides is 1. The minimum absolute atomic E-state index is 0.0377. The normalized spacial score (nSPS) is 26.4. The Balaban J connectivity index is 1.28. The average molecular weight is 436 g/mol. The van der Waals surface area contributed by atoms with Crippen LogP contribution in [0.1, 0.15) is 74.4 Å². The summed E-state index contributed by atoms with van der Waals surface area (Å²) in [6.45, 7) is 3.33. The van der Waals surface area contributed by atoms with E-state index >= 15 is 0 Å². The van der Waals surface area contributed by atoms with Crippen LogP contribution in [0.4, 0.5) is 0 Å². The molecule has 0 bridgehead atoms. The van der Waals surface area contributed by atoms with Crippen LogP contribution in [-0.4, -0.2) is 49.9 Å². The predicted octanol–water partition coefficient (Wildman–Crippen LogP) is 3.20. The van der Waals surface area contributed by atoms with E-state index in [-0.39, 0.29) is 17.4 Å². The van der Waals surface area contributed by atoms with Crippen LogP contribution in [-0.2, 0) is 17.8 Å². The molecule has 2 aromatic rings. The highest BCUT2D eigenvalue weighted by Crippen LogP contribution is 2.34. The van der Waals surface area contributed by atoms with Crippen LogP contribution < -0.4 is 5.56 Å². The smallest absolute Gasteiger partial charge is 0.277 e. The van der Waals surface area contributed by atoms with Gasteiger partial charge in [0.1, 0.15) is 0 Å². The standard InChI is InChI=1S/C25H33N5O2/c31-24(18-9-10-18)29-13-11-20-19(16-29)25(32)30-23(26-20)14-21(27-30)22-8-4-5-12-28(22)15-17-6-2-1-3-7-17/h1-2,14,17-18,22,27H,3-13,15-16H2/t17-,22+/m0/s1. The molecule has 170 valence electrons. The number of fused-ring (bicyclic) bond motifs is 2. The van der Waals surface area contributed by atoms with Gasteiger partial charge < -0.3 is 4.90 Å².